The van der Waals surface area contributed by atoms with Gasteiger partial charge < -0.3 is 5.73 Å². The number of aryl methyl sites for hydroxylation is 1. The van der Waals surface area contributed by atoms with Crippen molar-refractivity contribution in [2.45, 2.75) is 26.4 Å². The lowest BCUT2D eigenvalue weighted by Gasteiger charge is -2.12. The van der Waals surface area contributed by atoms with Gasteiger partial charge in [0.25, 0.3) is 0 Å². The van der Waals surface area contributed by atoms with Crippen LogP contribution >= 0.6 is 0 Å². The highest BCUT2D eigenvalue weighted by molar-refractivity contribution is 5.92. The van der Waals surface area contributed by atoms with Gasteiger partial charge in [-0.3, -0.25) is 4.90 Å². The molecule has 1 aliphatic heterocycles. The Bertz CT molecular complexity index is 1180. The predicted octanol–water partition coefficient (Wildman–Crippen LogP) is 2.87. The van der Waals surface area contributed by atoms with E-state index in [1.165, 1.54) is 11.6 Å². The van der Waals surface area contributed by atoms with Gasteiger partial charge in [0.15, 0.2) is 11.5 Å². The maximum atomic E-state index is 13.4. The molecule has 136 valence electrons. The second-order valence-corrected chi connectivity index (χ2v) is 7.13. The zero-order chi connectivity index (χ0) is 18.5. The van der Waals surface area contributed by atoms with Crippen molar-refractivity contribution >= 4 is 22.5 Å². The van der Waals surface area contributed by atoms with E-state index in [1.54, 1.807) is 10.6 Å². The zero-order valence-corrected chi connectivity index (χ0v) is 15.0. The molecular weight excluding hydrogens is 343 g/mol. The summed E-state index contributed by atoms with van der Waals surface area (Å²) in [6, 6.07) is 11.1. The first-order valence-corrected chi connectivity index (χ1v) is 8.98. The molecule has 4 aromatic rings. The maximum absolute atomic E-state index is 13.4. The van der Waals surface area contributed by atoms with Crippen molar-refractivity contribution in [1.82, 2.24) is 24.5 Å². The van der Waals surface area contributed by atoms with Crippen LogP contribution in [0.3, 0.4) is 0 Å². The summed E-state index contributed by atoms with van der Waals surface area (Å²) in [5, 5.41) is 5.48. The Hall–Kier alpha value is -3.06. The minimum atomic E-state index is -0.178. The highest BCUT2D eigenvalue weighted by Gasteiger charge is 2.20. The van der Waals surface area contributed by atoms with Crippen molar-refractivity contribution in [3.63, 3.8) is 0 Å². The number of aromatic nitrogens is 4. The van der Waals surface area contributed by atoms with E-state index in [1.807, 2.05) is 31.2 Å². The van der Waals surface area contributed by atoms with Crippen LogP contribution in [-0.4, -0.2) is 31.0 Å². The van der Waals surface area contributed by atoms with Gasteiger partial charge in [0.05, 0.1) is 5.52 Å². The number of anilines is 1. The average Bonchev–Trinajstić information content (AvgIpc) is 3.23. The standard InChI is InChI=1S/C20H19FN6/c1-12-2-5-16-17(8-12)23-20(22)27-19(16)24-18(25-27)6-7-26-10-13-3-4-15(21)9-14(13)11-26/h2-5,8-9H,6-7,10-11H2,1H3,(H2,22,23). The first kappa shape index (κ1) is 16.1. The smallest absolute Gasteiger partial charge is 0.223 e. The van der Waals surface area contributed by atoms with Crippen LogP contribution in [0.25, 0.3) is 16.6 Å². The van der Waals surface area contributed by atoms with E-state index in [4.69, 9.17) is 10.7 Å². The Balaban J connectivity index is 1.40. The van der Waals surface area contributed by atoms with Crippen LogP contribution in [0.15, 0.2) is 36.4 Å². The summed E-state index contributed by atoms with van der Waals surface area (Å²) in [4.78, 5) is 11.4. The van der Waals surface area contributed by atoms with Gasteiger partial charge in [-0.05, 0) is 47.9 Å². The van der Waals surface area contributed by atoms with Gasteiger partial charge in [0.1, 0.15) is 5.82 Å². The number of fused-ring (bicyclic) bond motifs is 4. The second-order valence-electron chi connectivity index (χ2n) is 7.13. The van der Waals surface area contributed by atoms with Crippen molar-refractivity contribution in [3.8, 4) is 0 Å². The molecule has 0 fully saturated rings. The number of hydrogen-bond acceptors (Lipinski definition) is 5. The van der Waals surface area contributed by atoms with E-state index in [-0.39, 0.29) is 5.82 Å². The highest BCUT2D eigenvalue weighted by atomic mass is 19.1. The lowest BCUT2D eigenvalue weighted by atomic mass is 10.1. The average molecular weight is 362 g/mol. The largest absolute Gasteiger partial charge is 0.368 e. The third-order valence-corrected chi connectivity index (χ3v) is 5.11. The predicted molar refractivity (Wildman–Crippen MR) is 102 cm³/mol. The maximum Gasteiger partial charge on any atom is 0.223 e. The van der Waals surface area contributed by atoms with Crippen LogP contribution < -0.4 is 5.73 Å². The quantitative estimate of drug-likeness (QED) is 0.607. The normalized spacial score (nSPS) is 14.3. The number of nitrogen functional groups attached to an aromatic ring is 1. The molecule has 0 bridgehead atoms. The Morgan fingerprint density at radius 3 is 2.81 bits per heavy atom. The minimum Gasteiger partial charge on any atom is -0.368 e. The van der Waals surface area contributed by atoms with Gasteiger partial charge in [-0.15, -0.1) is 5.10 Å². The number of rotatable bonds is 3. The summed E-state index contributed by atoms with van der Waals surface area (Å²) in [5.41, 5.74) is 11.0. The van der Waals surface area contributed by atoms with Crippen LogP contribution in [-0.2, 0) is 19.5 Å². The number of nitrogens with two attached hydrogens (primary N) is 1. The monoisotopic (exact) mass is 362 g/mol. The molecule has 2 aromatic carbocycles. The summed E-state index contributed by atoms with van der Waals surface area (Å²) in [5.74, 6) is 0.896. The zero-order valence-electron chi connectivity index (χ0n) is 15.0. The van der Waals surface area contributed by atoms with Crippen molar-refractivity contribution in [1.29, 1.82) is 0 Å². The first-order valence-electron chi connectivity index (χ1n) is 8.98. The Kier molecular flexibility index (Phi) is 3.58. The van der Waals surface area contributed by atoms with Crippen molar-refractivity contribution in [2.75, 3.05) is 12.3 Å². The lowest BCUT2D eigenvalue weighted by molar-refractivity contribution is 0.286. The molecule has 27 heavy (non-hydrogen) atoms. The van der Waals surface area contributed by atoms with Crippen LogP contribution in [0.2, 0.25) is 0 Å². The van der Waals surface area contributed by atoms with Crippen LogP contribution in [0.1, 0.15) is 22.5 Å². The third-order valence-electron chi connectivity index (χ3n) is 5.11. The van der Waals surface area contributed by atoms with Crippen molar-refractivity contribution in [2.24, 2.45) is 0 Å². The first-order chi connectivity index (χ1) is 13.1. The molecule has 0 saturated heterocycles. The molecule has 0 radical (unpaired) electrons. The molecular formula is C20H19FN6. The topological polar surface area (TPSA) is 72.3 Å². The second kappa shape index (κ2) is 5.99. The van der Waals surface area contributed by atoms with Gasteiger partial charge in [-0.25, -0.2) is 14.4 Å². The molecule has 0 atom stereocenters. The van der Waals surface area contributed by atoms with Crippen molar-refractivity contribution < 1.29 is 4.39 Å². The molecule has 0 spiro atoms. The van der Waals surface area contributed by atoms with Gasteiger partial charge in [0, 0.05) is 31.4 Å². The molecule has 5 rings (SSSR count). The van der Waals surface area contributed by atoms with Crippen LogP contribution in [0, 0.1) is 12.7 Å². The summed E-state index contributed by atoms with van der Waals surface area (Å²) in [6.07, 6.45) is 0.699. The molecule has 0 amide bonds. The molecule has 6 nitrogen and oxygen atoms in total. The fraction of sp³-hybridized carbons (Fsp3) is 0.250. The summed E-state index contributed by atoms with van der Waals surface area (Å²) in [7, 11) is 0. The SMILES string of the molecule is Cc1ccc2c(c1)nc(N)n1nc(CCN3Cc4ccc(F)cc4C3)nc21. The van der Waals surface area contributed by atoms with E-state index >= 15 is 0 Å². The van der Waals surface area contributed by atoms with E-state index in [0.717, 1.165) is 53.1 Å². The third kappa shape index (κ3) is 2.80. The van der Waals surface area contributed by atoms with E-state index < -0.39 is 0 Å². The van der Waals surface area contributed by atoms with E-state index in [2.05, 4.69) is 15.0 Å². The molecule has 2 N–H and O–H groups in total. The summed E-state index contributed by atoms with van der Waals surface area (Å²) in [6.45, 7) is 4.41. The number of nitrogens with zero attached hydrogens (tertiary/aromatic N) is 5. The van der Waals surface area contributed by atoms with Gasteiger partial charge in [-0.1, -0.05) is 12.1 Å². The van der Waals surface area contributed by atoms with E-state index in [9.17, 15) is 4.39 Å². The van der Waals surface area contributed by atoms with Crippen LogP contribution in [0.4, 0.5) is 10.3 Å². The Morgan fingerprint density at radius 2 is 1.93 bits per heavy atom. The van der Waals surface area contributed by atoms with Gasteiger partial charge in [0.2, 0.25) is 5.95 Å². The summed E-state index contributed by atoms with van der Waals surface area (Å²) >= 11 is 0. The van der Waals surface area contributed by atoms with E-state index in [0.29, 0.717) is 12.4 Å². The lowest BCUT2D eigenvalue weighted by Crippen LogP contribution is -2.19. The number of benzene rings is 2. The molecule has 1 aliphatic rings. The molecule has 0 aliphatic carbocycles. The molecule has 7 heteroatoms. The molecule has 2 aromatic heterocycles. The van der Waals surface area contributed by atoms with Gasteiger partial charge in [-0.2, -0.15) is 4.52 Å². The Labute approximate surface area is 155 Å². The van der Waals surface area contributed by atoms with Gasteiger partial charge >= 0.3 is 0 Å². The fourth-order valence-corrected chi connectivity index (χ4v) is 3.74. The van der Waals surface area contributed by atoms with Crippen molar-refractivity contribution in [3.05, 3.63) is 64.7 Å². The number of halogens is 1. The summed E-state index contributed by atoms with van der Waals surface area (Å²) < 4.78 is 15.0. The fourth-order valence-electron chi connectivity index (χ4n) is 3.74. The highest BCUT2D eigenvalue weighted by Crippen LogP contribution is 2.24. The minimum absolute atomic E-state index is 0.178. The Morgan fingerprint density at radius 1 is 1.07 bits per heavy atom. The molecule has 0 unspecified atom stereocenters. The number of hydrogen-bond donors (Lipinski definition) is 1. The van der Waals surface area contributed by atoms with Crippen LogP contribution in [0.5, 0.6) is 0 Å². The molecule has 3 heterocycles. The molecule has 0 saturated carbocycles.